The molecule has 14 heteroatoms. The van der Waals surface area contributed by atoms with Crippen LogP contribution >= 0.6 is 0 Å². The third kappa shape index (κ3) is 10.7. The quantitative estimate of drug-likeness (QED) is 0.0570. The van der Waals surface area contributed by atoms with E-state index < -0.39 is 72.8 Å². The summed E-state index contributed by atoms with van der Waals surface area (Å²) in [6.07, 6.45) is -1.71. The lowest BCUT2D eigenvalue weighted by molar-refractivity contribution is -0.145. The van der Waals surface area contributed by atoms with Crippen LogP contribution in [0.15, 0.2) is 79.9 Å². The third-order valence-corrected chi connectivity index (χ3v) is 6.26. The van der Waals surface area contributed by atoms with Gasteiger partial charge in [0, 0.05) is 29.8 Å². The molecule has 248 valence electrons. The van der Waals surface area contributed by atoms with Crippen LogP contribution in [0.1, 0.15) is 42.4 Å². The molecule has 0 saturated heterocycles. The van der Waals surface area contributed by atoms with Gasteiger partial charge in [-0.25, -0.2) is 27.2 Å². The smallest absolute Gasteiger partial charge is 0.333 e. The molecule has 3 rings (SSSR count). The Balaban J connectivity index is 1.58. The van der Waals surface area contributed by atoms with E-state index in [0.717, 1.165) is 42.5 Å². The number of hydrogen-bond acceptors (Lipinski definition) is 10. The monoisotopic (exact) mass is 660 g/mol. The second kappa shape index (κ2) is 17.1. The second-order valence-electron chi connectivity index (χ2n) is 9.41. The van der Waals surface area contributed by atoms with Crippen molar-refractivity contribution in [2.75, 3.05) is 13.6 Å². The molecule has 0 aliphatic heterocycles. The summed E-state index contributed by atoms with van der Waals surface area (Å²) in [6, 6.07) is 10.2. The van der Waals surface area contributed by atoms with E-state index in [2.05, 4.69) is 22.6 Å². The van der Waals surface area contributed by atoms with Gasteiger partial charge in [-0.05, 0) is 49.2 Å². The lowest BCUT2D eigenvalue weighted by Crippen LogP contribution is -2.18. The van der Waals surface area contributed by atoms with Gasteiger partial charge in [-0.3, -0.25) is 9.59 Å². The first-order valence-electron chi connectivity index (χ1n) is 13.7. The van der Waals surface area contributed by atoms with Gasteiger partial charge in [0.15, 0.2) is 0 Å². The normalized spacial score (nSPS) is 11.2. The van der Waals surface area contributed by atoms with E-state index in [0.29, 0.717) is 0 Å². The molecule has 0 aliphatic carbocycles. The summed E-state index contributed by atoms with van der Waals surface area (Å²) >= 11 is 0. The highest BCUT2D eigenvalue weighted by Gasteiger charge is 2.25. The largest absolute Gasteiger partial charge is 0.457 e. The van der Waals surface area contributed by atoms with Gasteiger partial charge in [0.05, 0.1) is 17.9 Å². The fourth-order valence-corrected chi connectivity index (χ4v) is 3.79. The van der Waals surface area contributed by atoms with Gasteiger partial charge in [-0.1, -0.05) is 25.3 Å². The summed E-state index contributed by atoms with van der Waals surface area (Å²) in [6.45, 7) is 6.78. The molecule has 47 heavy (non-hydrogen) atoms. The minimum Gasteiger partial charge on any atom is -0.457 e. The molecule has 0 spiro atoms. The lowest BCUT2D eigenvalue weighted by atomic mass is 10.0. The number of halogens is 4. The van der Waals surface area contributed by atoms with Crippen LogP contribution in [-0.4, -0.2) is 37.5 Å². The maximum absolute atomic E-state index is 14.7. The first-order valence-corrected chi connectivity index (χ1v) is 13.7. The van der Waals surface area contributed by atoms with Gasteiger partial charge in [-0.15, -0.1) is 0 Å². The highest BCUT2D eigenvalue weighted by atomic mass is 19.3. The number of carbonyl (C=O) groups excluding carboxylic acids is 4. The standard InChI is InChI=1S/C33H28F4O10/c1-4-29(38)44-17-42-21-8-6-20(26(34)15-21)7-13-31(40)46-23-10-12-28(25(14-23)32(36)37)47-33(41)19(3)24-11-9-22(16-27(24)35)43-18-45-30(39)5-2/h4-6,8-12,14-16,19,32H,1-2,7,13,17-18H2,3H3. The molecule has 3 aromatic carbocycles. The predicted octanol–water partition coefficient (Wildman–Crippen LogP) is 6.28. The van der Waals surface area contributed by atoms with Crippen molar-refractivity contribution in [2.24, 2.45) is 0 Å². The third-order valence-electron chi connectivity index (χ3n) is 6.26. The van der Waals surface area contributed by atoms with E-state index in [4.69, 9.17) is 18.9 Å². The van der Waals surface area contributed by atoms with E-state index in [1.54, 1.807) is 0 Å². The average Bonchev–Trinajstić information content (AvgIpc) is 3.04. The number of ether oxygens (including phenoxy) is 6. The Bertz CT molecular complexity index is 1640. The number of rotatable bonds is 16. The van der Waals surface area contributed by atoms with Crippen LogP contribution in [-0.2, 0) is 35.1 Å². The zero-order chi connectivity index (χ0) is 34.5. The van der Waals surface area contributed by atoms with Gasteiger partial charge in [0.1, 0.15) is 34.6 Å². The Morgan fingerprint density at radius 3 is 1.87 bits per heavy atom. The molecule has 0 aromatic heterocycles. The van der Waals surface area contributed by atoms with Crippen LogP contribution in [0, 0.1) is 11.6 Å². The minimum absolute atomic E-state index is 0.00728. The molecule has 0 amide bonds. The molecular formula is C33H28F4O10. The molecular weight excluding hydrogens is 632 g/mol. The molecule has 0 bridgehead atoms. The number of esters is 4. The van der Waals surface area contributed by atoms with Crippen LogP contribution in [0.4, 0.5) is 17.6 Å². The van der Waals surface area contributed by atoms with Crippen LogP contribution in [0.2, 0.25) is 0 Å². The van der Waals surface area contributed by atoms with Gasteiger partial charge < -0.3 is 28.4 Å². The van der Waals surface area contributed by atoms with Crippen molar-refractivity contribution in [1.82, 2.24) is 0 Å². The predicted molar refractivity (Wildman–Crippen MR) is 156 cm³/mol. The first-order chi connectivity index (χ1) is 22.4. The Morgan fingerprint density at radius 2 is 1.32 bits per heavy atom. The summed E-state index contributed by atoms with van der Waals surface area (Å²) in [5, 5.41) is 0. The number of carbonyl (C=O) groups is 4. The molecule has 3 aromatic rings. The van der Waals surface area contributed by atoms with E-state index in [1.165, 1.54) is 31.2 Å². The number of alkyl halides is 2. The Morgan fingerprint density at radius 1 is 0.745 bits per heavy atom. The summed E-state index contributed by atoms with van der Waals surface area (Å²) in [5.74, 6) is -6.95. The number of hydrogen-bond donors (Lipinski definition) is 0. The highest BCUT2D eigenvalue weighted by molar-refractivity contribution is 5.82. The summed E-state index contributed by atoms with van der Waals surface area (Å²) in [5.41, 5.74) is -0.758. The van der Waals surface area contributed by atoms with Gasteiger partial charge in [0.25, 0.3) is 6.43 Å². The summed E-state index contributed by atoms with van der Waals surface area (Å²) in [7, 11) is 0. The van der Waals surface area contributed by atoms with Crippen LogP contribution in [0.5, 0.6) is 23.0 Å². The van der Waals surface area contributed by atoms with E-state index in [9.17, 15) is 36.7 Å². The van der Waals surface area contributed by atoms with Crippen molar-refractivity contribution >= 4 is 23.9 Å². The second-order valence-corrected chi connectivity index (χ2v) is 9.41. The van der Waals surface area contributed by atoms with Crippen molar-refractivity contribution in [3.63, 3.8) is 0 Å². The maximum atomic E-state index is 14.7. The maximum Gasteiger partial charge on any atom is 0.333 e. The Hall–Kier alpha value is -5.66. The lowest BCUT2D eigenvalue weighted by Gasteiger charge is -2.16. The first kappa shape index (κ1) is 35.8. The number of aryl methyl sites for hydroxylation is 1. The Labute approximate surface area is 266 Å². The molecule has 1 unspecified atom stereocenters. The molecule has 10 nitrogen and oxygen atoms in total. The molecule has 0 N–H and O–H groups in total. The van der Waals surface area contributed by atoms with Crippen LogP contribution < -0.4 is 18.9 Å². The van der Waals surface area contributed by atoms with Crippen LogP contribution in [0.25, 0.3) is 0 Å². The van der Waals surface area contributed by atoms with Crippen molar-refractivity contribution in [3.05, 3.63) is 108 Å². The topological polar surface area (TPSA) is 124 Å². The zero-order valence-electron chi connectivity index (χ0n) is 24.8. The fraction of sp³-hybridized carbons (Fsp3) is 0.212. The highest BCUT2D eigenvalue weighted by Crippen LogP contribution is 2.34. The van der Waals surface area contributed by atoms with Crippen LogP contribution in [0.3, 0.4) is 0 Å². The Kier molecular flexibility index (Phi) is 13.1. The van der Waals surface area contributed by atoms with Crippen molar-refractivity contribution in [3.8, 4) is 23.0 Å². The van der Waals surface area contributed by atoms with Crippen molar-refractivity contribution in [1.29, 1.82) is 0 Å². The molecule has 1 atom stereocenters. The van der Waals surface area contributed by atoms with Gasteiger partial charge >= 0.3 is 23.9 Å². The minimum atomic E-state index is -3.15. The average molecular weight is 661 g/mol. The molecule has 0 heterocycles. The zero-order valence-corrected chi connectivity index (χ0v) is 24.8. The van der Waals surface area contributed by atoms with E-state index >= 15 is 0 Å². The van der Waals surface area contributed by atoms with Gasteiger partial charge in [0.2, 0.25) is 13.6 Å². The summed E-state index contributed by atoms with van der Waals surface area (Å²) < 4.78 is 86.6. The molecule has 0 fully saturated rings. The van der Waals surface area contributed by atoms with Gasteiger partial charge in [-0.2, -0.15) is 0 Å². The van der Waals surface area contributed by atoms with E-state index in [1.807, 2.05) is 0 Å². The molecule has 0 radical (unpaired) electrons. The molecule has 0 aliphatic rings. The van der Waals surface area contributed by atoms with E-state index in [-0.39, 0.29) is 41.2 Å². The molecule has 0 saturated carbocycles. The SMILES string of the molecule is C=CC(=O)OCOc1ccc(CCC(=O)Oc2ccc(OC(=O)C(C)c3ccc(OCOC(=O)C=C)cc3F)c(C(F)F)c2)c(F)c1. The van der Waals surface area contributed by atoms with Crippen molar-refractivity contribution < 1.29 is 65.2 Å². The van der Waals surface area contributed by atoms with Crippen molar-refractivity contribution in [2.45, 2.75) is 32.1 Å². The fourth-order valence-electron chi connectivity index (χ4n) is 3.79. The number of benzene rings is 3. The summed E-state index contributed by atoms with van der Waals surface area (Å²) in [4.78, 5) is 47.2.